The van der Waals surface area contributed by atoms with Crippen molar-refractivity contribution in [1.29, 1.82) is 0 Å². The highest BCUT2D eigenvalue weighted by Crippen LogP contribution is 2.15. The average Bonchev–Trinajstić information content (AvgIpc) is 2.95. The number of aromatic amines is 1. The minimum Gasteiger partial charge on any atom is -0.383 e. The molecule has 1 aromatic carbocycles. The molecule has 2 heterocycles. The van der Waals surface area contributed by atoms with E-state index in [4.69, 9.17) is 5.73 Å². The van der Waals surface area contributed by atoms with E-state index in [0.29, 0.717) is 11.4 Å². The summed E-state index contributed by atoms with van der Waals surface area (Å²) >= 11 is 0. The van der Waals surface area contributed by atoms with Crippen molar-refractivity contribution in [3.05, 3.63) is 48.3 Å². The van der Waals surface area contributed by atoms with Crippen LogP contribution in [-0.4, -0.2) is 20.7 Å². The molecule has 0 saturated heterocycles. The van der Waals surface area contributed by atoms with E-state index in [1.54, 1.807) is 18.2 Å². The summed E-state index contributed by atoms with van der Waals surface area (Å²) in [5.41, 5.74) is 7.11. The maximum atomic E-state index is 12.1. The number of benzene rings is 1. The van der Waals surface area contributed by atoms with E-state index in [0.717, 1.165) is 10.9 Å². The second-order valence-corrected chi connectivity index (χ2v) is 3.75. The van der Waals surface area contributed by atoms with Crippen LogP contribution in [0.15, 0.2) is 42.7 Å². The molecule has 2 aromatic heterocycles. The van der Waals surface area contributed by atoms with Gasteiger partial charge >= 0.3 is 0 Å². The zero-order chi connectivity index (χ0) is 11.8. The molecule has 0 aliphatic heterocycles. The third-order valence-electron chi connectivity index (χ3n) is 2.67. The van der Waals surface area contributed by atoms with Crippen LogP contribution in [-0.2, 0) is 0 Å². The number of aromatic nitrogens is 3. The first-order chi connectivity index (χ1) is 8.25. The predicted octanol–water partition coefficient (Wildman–Crippen LogP) is 1.64. The van der Waals surface area contributed by atoms with Crippen LogP contribution in [0.3, 0.4) is 0 Å². The number of fused-ring (bicyclic) bond motifs is 1. The summed E-state index contributed by atoms with van der Waals surface area (Å²) in [7, 11) is 0. The van der Waals surface area contributed by atoms with Gasteiger partial charge in [-0.2, -0.15) is 9.78 Å². The number of nitrogen functional groups attached to an aromatic ring is 1. The van der Waals surface area contributed by atoms with Gasteiger partial charge in [-0.05, 0) is 23.6 Å². The fourth-order valence-electron chi connectivity index (χ4n) is 1.79. The Bertz CT molecular complexity index is 695. The van der Waals surface area contributed by atoms with Gasteiger partial charge in [0.25, 0.3) is 5.91 Å². The molecular formula is C12H10N4O. The zero-order valence-corrected chi connectivity index (χ0v) is 8.92. The molecular weight excluding hydrogens is 216 g/mol. The Morgan fingerprint density at radius 1 is 1.29 bits per heavy atom. The standard InChI is InChI=1S/C12H10N4O/c13-11-4-6-15-16(11)12(17)9-2-1-8-3-5-14-10(8)7-9/h1-7,14H,13H2. The number of H-pyrrole nitrogens is 1. The number of nitrogens with one attached hydrogen (secondary N) is 1. The van der Waals surface area contributed by atoms with Gasteiger partial charge in [0.05, 0.1) is 6.20 Å². The van der Waals surface area contributed by atoms with Crippen molar-refractivity contribution in [2.45, 2.75) is 0 Å². The molecule has 0 fully saturated rings. The van der Waals surface area contributed by atoms with Crippen LogP contribution in [0.2, 0.25) is 0 Å². The molecule has 17 heavy (non-hydrogen) atoms. The molecule has 3 N–H and O–H groups in total. The van der Waals surface area contributed by atoms with Gasteiger partial charge in [-0.15, -0.1) is 0 Å². The number of carbonyl (C=O) groups excluding carboxylic acids is 1. The van der Waals surface area contributed by atoms with Crippen molar-refractivity contribution in [3.63, 3.8) is 0 Å². The quantitative estimate of drug-likeness (QED) is 0.662. The third-order valence-corrected chi connectivity index (χ3v) is 2.67. The zero-order valence-electron chi connectivity index (χ0n) is 8.92. The number of carbonyl (C=O) groups is 1. The largest absolute Gasteiger partial charge is 0.383 e. The summed E-state index contributed by atoms with van der Waals surface area (Å²) < 4.78 is 1.18. The maximum absolute atomic E-state index is 12.1. The van der Waals surface area contributed by atoms with Gasteiger partial charge in [-0.1, -0.05) is 6.07 Å². The Kier molecular flexibility index (Phi) is 1.98. The monoisotopic (exact) mass is 226 g/mol. The van der Waals surface area contributed by atoms with Crippen molar-refractivity contribution in [2.75, 3.05) is 5.73 Å². The molecule has 84 valence electrons. The summed E-state index contributed by atoms with van der Waals surface area (Å²) in [5.74, 6) is 0.102. The van der Waals surface area contributed by atoms with Gasteiger partial charge in [0.2, 0.25) is 0 Å². The predicted molar refractivity (Wildman–Crippen MR) is 64.7 cm³/mol. The van der Waals surface area contributed by atoms with E-state index in [9.17, 15) is 4.79 Å². The minimum absolute atomic E-state index is 0.232. The highest BCUT2D eigenvalue weighted by atomic mass is 16.2. The molecule has 3 rings (SSSR count). The van der Waals surface area contributed by atoms with Crippen molar-refractivity contribution in [1.82, 2.24) is 14.8 Å². The minimum atomic E-state index is -0.232. The lowest BCUT2D eigenvalue weighted by Crippen LogP contribution is -2.15. The van der Waals surface area contributed by atoms with Crippen molar-refractivity contribution in [2.24, 2.45) is 0 Å². The maximum Gasteiger partial charge on any atom is 0.280 e. The second kappa shape index (κ2) is 3.48. The highest BCUT2D eigenvalue weighted by molar-refractivity contribution is 5.99. The molecule has 3 aromatic rings. The van der Waals surface area contributed by atoms with Crippen LogP contribution >= 0.6 is 0 Å². The van der Waals surface area contributed by atoms with Gasteiger partial charge in [0.15, 0.2) is 0 Å². The summed E-state index contributed by atoms with van der Waals surface area (Å²) in [6.45, 7) is 0. The molecule has 5 heteroatoms. The molecule has 0 saturated carbocycles. The van der Waals surface area contributed by atoms with Crippen LogP contribution < -0.4 is 5.73 Å². The number of hydrogen-bond acceptors (Lipinski definition) is 3. The van der Waals surface area contributed by atoms with Crippen molar-refractivity contribution >= 4 is 22.6 Å². The number of rotatable bonds is 1. The molecule has 0 bridgehead atoms. The molecule has 0 aliphatic rings. The van der Waals surface area contributed by atoms with Gasteiger partial charge in [-0.25, -0.2) is 0 Å². The topological polar surface area (TPSA) is 76.7 Å². The lowest BCUT2D eigenvalue weighted by molar-refractivity contribution is 0.0948. The third kappa shape index (κ3) is 1.48. The number of nitrogens with zero attached hydrogens (tertiary/aromatic N) is 2. The Morgan fingerprint density at radius 3 is 2.94 bits per heavy atom. The fourth-order valence-corrected chi connectivity index (χ4v) is 1.79. The lowest BCUT2D eigenvalue weighted by Gasteiger charge is -2.02. The van der Waals surface area contributed by atoms with Crippen LogP contribution in [0.4, 0.5) is 5.82 Å². The summed E-state index contributed by atoms with van der Waals surface area (Å²) in [5, 5.41) is 4.96. The van der Waals surface area contributed by atoms with E-state index in [2.05, 4.69) is 10.1 Å². The van der Waals surface area contributed by atoms with Crippen molar-refractivity contribution < 1.29 is 4.79 Å². The second-order valence-electron chi connectivity index (χ2n) is 3.75. The van der Waals surface area contributed by atoms with E-state index >= 15 is 0 Å². The number of nitrogens with two attached hydrogens (primary N) is 1. The van der Waals surface area contributed by atoms with Gasteiger partial charge in [-0.3, -0.25) is 4.79 Å². The summed E-state index contributed by atoms with van der Waals surface area (Å²) in [6.07, 6.45) is 3.33. The van der Waals surface area contributed by atoms with Crippen LogP contribution in [0.5, 0.6) is 0 Å². The van der Waals surface area contributed by atoms with E-state index in [-0.39, 0.29) is 5.91 Å². The molecule has 0 atom stereocenters. The normalized spacial score (nSPS) is 10.8. The molecule has 0 spiro atoms. The first kappa shape index (κ1) is 9.65. The smallest absolute Gasteiger partial charge is 0.280 e. The van der Waals surface area contributed by atoms with E-state index in [1.165, 1.54) is 10.9 Å². The van der Waals surface area contributed by atoms with E-state index in [1.807, 2.05) is 18.3 Å². The fraction of sp³-hybridized carbons (Fsp3) is 0. The van der Waals surface area contributed by atoms with Gasteiger partial charge in [0.1, 0.15) is 5.82 Å². The Labute approximate surface area is 96.9 Å². The van der Waals surface area contributed by atoms with Crippen LogP contribution in [0.25, 0.3) is 10.9 Å². The summed E-state index contributed by atoms with van der Waals surface area (Å²) in [4.78, 5) is 15.2. The Balaban J connectivity index is 2.09. The number of hydrogen-bond donors (Lipinski definition) is 2. The Morgan fingerprint density at radius 2 is 2.18 bits per heavy atom. The van der Waals surface area contributed by atoms with E-state index < -0.39 is 0 Å². The number of anilines is 1. The van der Waals surface area contributed by atoms with Crippen LogP contribution in [0.1, 0.15) is 10.4 Å². The molecule has 0 amide bonds. The first-order valence-corrected chi connectivity index (χ1v) is 5.17. The van der Waals surface area contributed by atoms with Crippen molar-refractivity contribution in [3.8, 4) is 0 Å². The Hall–Kier alpha value is -2.56. The van der Waals surface area contributed by atoms with Gasteiger partial charge in [0, 0.05) is 23.3 Å². The average molecular weight is 226 g/mol. The SMILES string of the molecule is Nc1ccnn1C(=O)c1ccc2cc[nH]c2c1. The molecule has 0 aliphatic carbocycles. The first-order valence-electron chi connectivity index (χ1n) is 5.17. The lowest BCUT2D eigenvalue weighted by atomic mass is 10.1. The molecule has 0 unspecified atom stereocenters. The molecule has 5 nitrogen and oxygen atoms in total. The van der Waals surface area contributed by atoms with Crippen LogP contribution in [0, 0.1) is 0 Å². The molecule has 0 radical (unpaired) electrons. The highest BCUT2D eigenvalue weighted by Gasteiger charge is 2.12. The summed E-state index contributed by atoms with van der Waals surface area (Å²) in [6, 6.07) is 8.98. The van der Waals surface area contributed by atoms with Gasteiger partial charge < -0.3 is 10.7 Å².